The maximum atomic E-state index is 13.1. The maximum Gasteiger partial charge on any atom is 0.333 e. The summed E-state index contributed by atoms with van der Waals surface area (Å²) in [5.74, 6) is -2.51. The fraction of sp³-hybridized carbons (Fsp3) is 0.227. The number of carboxylic acid groups (broad SMARTS) is 2. The van der Waals surface area contributed by atoms with Crippen molar-refractivity contribution in [1.82, 2.24) is 14.5 Å². The second-order valence-electron chi connectivity index (χ2n) is 6.90. The average Bonchev–Trinajstić information content (AvgIpc) is 3.04. The van der Waals surface area contributed by atoms with Gasteiger partial charge in [-0.05, 0) is 30.3 Å². The number of rotatable bonds is 5. The summed E-state index contributed by atoms with van der Waals surface area (Å²) >= 11 is 6.17. The van der Waals surface area contributed by atoms with Gasteiger partial charge in [0.15, 0.2) is 0 Å². The van der Waals surface area contributed by atoms with Crippen molar-refractivity contribution in [2.75, 3.05) is 19.7 Å². The minimum absolute atomic E-state index is 0.0121. The highest BCUT2D eigenvalue weighted by Gasteiger charge is 2.20. The zero-order valence-electron chi connectivity index (χ0n) is 17.0. The number of hydrogen-bond acceptors (Lipinski definition) is 5. The van der Waals surface area contributed by atoms with Gasteiger partial charge in [0.2, 0.25) is 0 Å². The summed E-state index contributed by atoms with van der Waals surface area (Å²) < 4.78 is 9.25. The van der Waals surface area contributed by atoms with Gasteiger partial charge < -0.3 is 20.3 Å². The van der Waals surface area contributed by atoms with E-state index in [0.717, 1.165) is 29.8 Å². The lowest BCUT2D eigenvalue weighted by Crippen LogP contribution is -2.42. The molecule has 0 spiro atoms. The largest absolute Gasteiger partial charge is 0.478 e. The fourth-order valence-electron chi connectivity index (χ4n) is 3.32. The number of aromatic nitrogens is 2. The highest BCUT2D eigenvalue weighted by Crippen LogP contribution is 2.22. The molecule has 32 heavy (non-hydrogen) atoms. The third-order valence-electron chi connectivity index (χ3n) is 4.66. The van der Waals surface area contributed by atoms with Gasteiger partial charge >= 0.3 is 17.6 Å². The van der Waals surface area contributed by atoms with E-state index in [1.165, 1.54) is 0 Å². The second kappa shape index (κ2) is 10.8. The number of halogens is 1. The summed E-state index contributed by atoms with van der Waals surface area (Å²) in [6, 6.07) is 15.2. The number of ether oxygens (including phenoxy) is 1. The maximum absolute atomic E-state index is 13.1. The van der Waals surface area contributed by atoms with Crippen LogP contribution in [0.3, 0.4) is 0 Å². The van der Waals surface area contributed by atoms with Crippen molar-refractivity contribution in [3.05, 3.63) is 76.2 Å². The Morgan fingerprint density at radius 2 is 1.78 bits per heavy atom. The van der Waals surface area contributed by atoms with Crippen molar-refractivity contribution < 1.29 is 24.5 Å². The molecular weight excluding hydrogens is 438 g/mol. The zero-order chi connectivity index (χ0) is 23.1. The Hall–Kier alpha value is -3.40. The van der Waals surface area contributed by atoms with Crippen molar-refractivity contribution in [2.45, 2.75) is 12.6 Å². The first-order chi connectivity index (χ1) is 15.4. The number of aliphatic carboxylic acids is 2. The van der Waals surface area contributed by atoms with Crippen LogP contribution >= 0.6 is 11.6 Å². The predicted molar refractivity (Wildman–Crippen MR) is 120 cm³/mol. The number of carboxylic acids is 2. The van der Waals surface area contributed by atoms with E-state index in [-0.39, 0.29) is 11.8 Å². The van der Waals surface area contributed by atoms with Gasteiger partial charge in [0, 0.05) is 30.3 Å². The quantitative estimate of drug-likeness (QED) is 0.499. The van der Waals surface area contributed by atoms with E-state index in [9.17, 15) is 14.4 Å². The highest BCUT2D eigenvalue weighted by molar-refractivity contribution is 6.31. The van der Waals surface area contributed by atoms with E-state index in [2.05, 4.69) is 5.32 Å². The van der Waals surface area contributed by atoms with Gasteiger partial charge in [-0.25, -0.2) is 14.4 Å². The molecule has 3 aromatic rings. The lowest BCUT2D eigenvalue weighted by Gasteiger charge is -2.23. The molecule has 168 valence electrons. The molecule has 0 aliphatic carbocycles. The number of fused-ring (bicyclic) bond motifs is 1. The Morgan fingerprint density at radius 3 is 2.38 bits per heavy atom. The molecule has 1 atom stereocenters. The molecule has 2 heterocycles. The molecule has 1 aliphatic heterocycles. The molecule has 1 unspecified atom stereocenters. The van der Waals surface area contributed by atoms with Gasteiger partial charge in [0.1, 0.15) is 0 Å². The zero-order valence-corrected chi connectivity index (χ0v) is 17.7. The number of hydrogen-bond donors (Lipinski definition) is 3. The van der Waals surface area contributed by atoms with E-state index in [1.807, 2.05) is 48.5 Å². The first-order valence-corrected chi connectivity index (χ1v) is 10.2. The van der Waals surface area contributed by atoms with Crippen LogP contribution < -0.4 is 11.0 Å². The predicted octanol–water partition coefficient (Wildman–Crippen LogP) is 2.15. The van der Waals surface area contributed by atoms with Crippen LogP contribution in [0.5, 0.6) is 0 Å². The Morgan fingerprint density at radius 1 is 1.09 bits per heavy atom. The Labute approximate surface area is 188 Å². The number of morpholine rings is 1. The van der Waals surface area contributed by atoms with Crippen LogP contribution in [0.25, 0.3) is 16.7 Å². The van der Waals surface area contributed by atoms with Gasteiger partial charge in [-0.3, -0.25) is 9.13 Å². The van der Waals surface area contributed by atoms with Gasteiger partial charge in [0.05, 0.1) is 36.0 Å². The van der Waals surface area contributed by atoms with Gasteiger partial charge in [-0.15, -0.1) is 0 Å². The molecule has 1 aromatic heterocycles. The summed E-state index contributed by atoms with van der Waals surface area (Å²) in [5.41, 5.74) is 2.42. The molecule has 2 aromatic carbocycles. The summed E-state index contributed by atoms with van der Waals surface area (Å²) in [6.45, 7) is 2.79. The first kappa shape index (κ1) is 23.3. The molecule has 1 fully saturated rings. The molecular formula is C22H22ClN3O6. The monoisotopic (exact) mass is 459 g/mol. The fourth-order valence-corrected chi connectivity index (χ4v) is 3.48. The number of nitrogens with one attached hydrogen (secondary N) is 1. The number of benzene rings is 2. The number of imidazole rings is 1. The van der Waals surface area contributed by atoms with Gasteiger partial charge in [-0.2, -0.15) is 0 Å². The molecule has 4 rings (SSSR count). The summed E-state index contributed by atoms with van der Waals surface area (Å²) in [5, 5.41) is 19.5. The standard InChI is InChI=1S/C18H18ClN3O2.C4H4O4/c19-13-6-7-16-17(10-13)22(14-4-2-1-3-5-14)18(23)21(16)12-15-11-20-8-9-24-15;5-3(6)1-2-4(7)8/h1-7,10,15,20H,8-9,11-12H2;1-2H,(H,5,6)(H,7,8)/b;2-1-. The SMILES string of the molecule is O=C(O)/C=C\C(=O)O.O=c1n(CC2CNCCO2)c2ccc(Cl)cc2n1-c1ccccc1. The molecule has 0 saturated carbocycles. The Bertz CT molecular complexity index is 1160. The lowest BCUT2D eigenvalue weighted by atomic mass is 10.2. The van der Waals surface area contributed by atoms with Gasteiger partial charge in [0.25, 0.3) is 0 Å². The third-order valence-corrected chi connectivity index (χ3v) is 4.90. The molecule has 1 aliphatic rings. The molecule has 3 N–H and O–H groups in total. The third kappa shape index (κ3) is 5.85. The van der Waals surface area contributed by atoms with Crippen molar-refractivity contribution >= 4 is 34.6 Å². The minimum Gasteiger partial charge on any atom is -0.478 e. The van der Waals surface area contributed by atoms with E-state index in [1.54, 1.807) is 9.13 Å². The normalized spacial score (nSPS) is 16.0. The lowest BCUT2D eigenvalue weighted by molar-refractivity contribution is -0.134. The summed E-state index contributed by atoms with van der Waals surface area (Å²) in [7, 11) is 0. The van der Waals surface area contributed by atoms with E-state index < -0.39 is 11.9 Å². The molecule has 1 saturated heterocycles. The van der Waals surface area contributed by atoms with Crippen LogP contribution in [0.15, 0.2) is 65.5 Å². The molecule has 0 amide bonds. The van der Waals surface area contributed by atoms with E-state index in [4.69, 9.17) is 26.6 Å². The molecule has 9 nitrogen and oxygen atoms in total. The molecule has 0 radical (unpaired) electrons. The Balaban J connectivity index is 0.000000312. The summed E-state index contributed by atoms with van der Waals surface area (Å²) in [6.07, 6.45) is 1.10. The second-order valence-corrected chi connectivity index (χ2v) is 7.34. The first-order valence-electron chi connectivity index (χ1n) is 9.79. The molecule has 10 heteroatoms. The Kier molecular flexibility index (Phi) is 7.82. The van der Waals surface area contributed by atoms with Gasteiger partial charge in [-0.1, -0.05) is 29.8 Å². The number of nitrogens with zero attached hydrogens (tertiary/aromatic N) is 2. The van der Waals surface area contributed by atoms with Crippen LogP contribution in [0.4, 0.5) is 0 Å². The minimum atomic E-state index is -1.26. The van der Waals surface area contributed by atoms with Crippen molar-refractivity contribution in [3.8, 4) is 5.69 Å². The van der Waals surface area contributed by atoms with Crippen LogP contribution in [-0.4, -0.2) is 57.1 Å². The van der Waals surface area contributed by atoms with Crippen LogP contribution in [0, 0.1) is 0 Å². The van der Waals surface area contributed by atoms with Crippen molar-refractivity contribution in [1.29, 1.82) is 0 Å². The van der Waals surface area contributed by atoms with Crippen LogP contribution in [-0.2, 0) is 20.9 Å². The topological polar surface area (TPSA) is 123 Å². The van der Waals surface area contributed by atoms with E-state index in [0.29, 0.717) is 30.3 Å². The van der Waals surface area contributed by atoms with E-state index >= 15 is 0 Å². The summed E-state index contributed by atoms with van der Waals surface area (Å²) in [4.78, 5) is 32.2. The number of carbonyl (C=O) groups is 2. The smallest absolute Gasteiger partial charge is 0.333 e. The van der Waals surface area contributed by atoms with Crippen molar-refractivity contribution in [3.63, 3.8) is 0 Å². The molecule has 0 bridgehead atoms. The van der Waals surface area contributed by atoms with Crippen molar-refractivity contribution in [2.24, 2.45) is 0 Å². The van der Waals surface area contributed by atoms with Crippen LogP contribution in [0.2, 0.25) is 5.02 Å². The van der Waals surface area contributed by atoms with Crippen LogP contribution in [0.1, 0.15) is 0 Å². The highest BCUT2D eigenvalue weighted by atomic mass is 35.5. The average molecular weight is 460 g/mol. The number of para-hydroxylation sites is 1.